The number of carbonyl (C=O) groups is 1. The van der Waals surface area contributed by atoms with Gasteiger partial charge < -0.3 is 10.1 Å². The van der Waals surface area contributed by atoms with Gasteiger partial charge in [-0.15, -0.1) is 11.8 Å². The number of nitrogens with one attached hydrogen (secondary N) is 1. The van der Waals surface area contributed by atoms with Crippen molar-refractivity contribution < 1.29 is 9.53 Å². The first-order chi connectivity index (χ1) is 8.08. The number of thioether (sulfide) groups is 1. The fraction of sp³-hybridized carbons (Fsp3) is 0.923. The highest BCUT2D eigenvalue weighted by molar-refractivity contribution is 8.00. The Balaban J connectivity index is 2.54. The lowest BCUT2D eigenvalue weighted by Crippen LogP contribution is -2.46. The molecular weight excluding hydrogens is 234 g/mol. The minimum absolute atomic E-state index is 0.115. The summed E-state index contributed by atoms with van der Waals surface area (Å²) in [6.07, 6.45) is 2.48. The Morgan fingerprint density at radius 3 is 2.71 bits per heavy atom. The highest BCUT2D eigenvalue weighted by atomic mass is 32.2. The maximum atomic E-state index is 11.2. The van der Waals surface area contributed by atoms with Crippen LogP contribution in [-0.4, -0.2) is 36.7 Å². The van der Waals surface area contributed by atoms with Crippen LogP contribution in [0.2, 0.25) is 0 Å². The Kier molecular flexibility index (Phi) is 6.34. The lowest BCUT2D eigenvalue weighted by molar-refractivity contribution is -0.137. The molecule has 0 amide bonds. The second-order valence-electron chi connectivity index (χ2n) is 5.07. The van der Waals surface area contributed by atoms with Gasteiger partial charge in [0.25, 0.3) is 0 Å². The molecule has 0 heterocycles. The van der Waals surface area contributed by atoms with Crippen LogP contribution in [0.25, 0.3) is 0 Å². The predicted molar refractivity (Wildman–Crippen MR) is 73.3 cm³/mol. The van der Waals surface area contributed by atoms with Gasteiger partial charge in [-0.05, 0) is 31.2 Å². The highest BCUT2D eigenvalue weighted by Crippen LogP contribution is 2.36. The van der Waals surface area contributed by atoms with E-state index in [2.05, 4.69) is 26.1 Å². The maximum Gasteiger partial charge on any atom is 0.315 e. The van der Waals surface area contributed by atoms with E-state index in [9.17, 15) is 4.79 Å². The molecule has 0 aliphatic heterocycles. The van der Waals surface area contributed by atoms with Gasteiger partial charge in [0, 0.05) is 11.3 Å². The molecule has 1 aliphatic rings. The smallest absolute Gasteiger partial charge is 0.315 e. The molecule has 1 fully saturated rings. The monoisotopic (exact) mass is 259 g/mol. The number of carbonyl (C=O) groups excluding carboxylic acids is 1. The molecule has 0 aromatic heterocycles. The summed E-state index contributed by atoms with van der Waals surface area (Å²) in [6.45, 7) is 7.77. The van der Waals surface area contributed by atoms with Gasteiger partial charge in [0.1, 0.15) is 0 Å². The van der Waals surface area contributed by atoms with Crippen molar-refractivity contribution in [2.75, 3.05) is 19.4 Å². The number of hydrogen-bond donors (Lipinski definition) is 1. The van der Waals surface area contributed by atoms with Crippen molar-refractivity contribution in [1.82, 2.24) is 5.32 Å². The molecule has 1 rings (SSSR count). The van der Waals surface area contributed by atoms with Crippen molar-refractivity contribution in [1.29, 1.82) is 0 Å². The van der Waals surface area contributed by atoms with Crippen LogP contribution in [0.4, 0.5) is 0 Å². The average Bonchev–Trinajstić information content (AvgIpc) is 2.27. The molecule has 0 aromatic rings. The van der Waals surface area contributed by atoms with Crippen molar-refractivity contribution >= 4 is 17.7 Å². The van der Waals surface area contributed by atoms with E-state index in [-0.39, 0.29) is 5.97 Å². The van der Waals surface area contributed by atoms with Crippen LogP contribution >= 0.6 is 11.8 Å². The third-order valence-electron chi connectivity index (χ3n) is 3.48. The zero-order chi connectivity index (χ0) is 12.8. The summed E-state index contributed by atoms with van der Waals surface area (Å²) in [6, 6.07) is 0.536. The van der Waals surface area contributed by atoms with E-state index in [0.717, 1.165) is 12.5 Å². The van der Waals surface area contributed by atoms with Gasteiger partial charge in [-0.25, -0.2) is 0 Å². The van der Waals surface area contributed by atoms with E-state index in [1.807, 2.05) is 0 Å². The summed E-state index contributed by atoms with van der Waals surface area (Å²) < 4.78 is 4.71. The van der Waals surface area contributed by atoms with E-state index in [1.165, 1.54) is 20.0 Å². The van der Waals surface area contributed by atoms with E-state index >= 15 is 0 Å². The van der Waals surface area contributed by atoms with Crippen molar-refractivity contribution in [3.63, 3.8) is 0 Å². The Bertz CT molecular complexity index is 248. The lowest BCUT2D eigenvalue weighted by Gasteiger charge is -2.39. The largest absolute Gasteiger partial charge is 0.468 e. The molecule has 1 saturated carbocycles. The second-order valence-corrected chi connectivity index (χ2v) is 6.24. The topological polar surface area (TPSA) is 38.3 Å². The number of rotatable bonds is 5. The SMILES string of the molecule is CCNC1CC(C)CC(C)C1SCC(=O)OC. The van der Waals surface area contributed by atoms with Crippen LogP contribution < -0.4 is 5.32 Å². The fourth-order valence-electron chi connectivity index (χ4n) is 2.79. The van der Waals surface area contributed by atoms with Crippen molar-refractivity contribution in [2.45, 2.75) is 44.9 Å². The van der Waals surface area contributed by atoms with E-state index in [1.54, 1.807) is 11.8 Å². The Morgan fingerprint density at radius 2 is 2.12 bits per heavy atom. The van der Waals surface area contributed by atoms with Gasteiger partial charge in [0.2, 0.25) is 0 Å². The third kappa shape index (κ3) is 4.51. The first kappa shape index (κ1) is 14.8. The number of methoxy groups -OCH3 is 1. The molecule has 0 spiro atoms. The van der Waals surface area contributed by atoms with Crippen LogP contribution in [0.1, 0.15) is 33.6 Å². The standard InChI is InChI=1S/C13H25NO2S/c1-5-14-11-7-9(2)6-10(3)13(11)17-8-12(15)16-4/h9-11,13-14H,5-8H2,1-4H3. The van der Waals surface area contributed by atoms with Gasteiger partial charge in [0.15, 0.2) is 0 Å². The van der Waals surface area contributed by atoms with Crippen LogP contribution in [0.3, 0.4) is 0 Å². The average molecular weight is 259 g/mol. The fourth-order valence-corrected chi connectivity index (χ4v) is 4.12. The quantitative estimate of drug-likeness (QED) is 0.769. The summed E-state index contributed by atoms with van der Waals surface area (Å²) in [5, 5.41) is 4.10. The van der Waals surface area contributed by atoms with Crippen LogP contribution in [-0.2, 0) is 9.53 Å². The molecule has 0 aromatic carbocycles. The van der Waals surface area contributed by atoms with E-state index in [0.29, 0.717) is 23.0 Å². The van der Waals surface area contributed by atoms with Crippen LogP contribution in [0, 0.1) is 11.8 Å². The minimum atomic E-state index is -0.115. The van der Waals surface area contributed by atoms with Gasteiger partial charge in [-0.1, -0.05) is 20.8 Å². The van der Waals surface area contributed by atoms with Crippen LogP contribution in [0.15, 0.2) is 0 Å². The van der Waals surface area contributed by atoms with Gasteiger partial charge in [0.05, 0.1) is 12.9 Å². The predicted octanol–water partition coefficient (Wildman–Crippen LogP) is 2.31. The van der Waals surface area contributed by atoms with E-state index in [4.69, 9.17) is 4.74 Å². The molecule has 0 saturated heterocycles. The summed E-state index contributed by atoms with van der Waals surface area (Å²) in [7, 11) is 1.46. The van der Waals surface area contributed by atoms with Gasteiger partial charge in [-0.3, -0.25) is 4.79 Å². The zero-order valence-electron chi connectivity index (χ0n) is 11.4. The van der Waals surface area contributed by atoms with Crippen molar-refractivity contribution in [2.24, 2.45) is 11.8 Å². The number of hydrogen-bond acceptors (Lipinski definition) is 4. The Hall–Kier alpha value is -0.220. The Morgan fingerprint density at radius 1 is 1.41 bits per heavy atom. The maximum absolute atomic E-state index is 11.2. The first-order valence-electron chi connectivity index (χ1n) is 6.50. The normalized spacial score (nSPS) is 33.4. The van der Waals surface area contributed by atoms with Gasteiger partial charge in [-0.2, -0.15) is 0 Å². The molecule has 0 radical (unpaired) electrons. The first-order valence-corrected chi connectivity index (χ1v) is 7.55. The number of esters is 1. The molecule has 4 heteroatoms. The number of ether oxygens (including phenoxy) is 1. The molecule has 1 aliphatic carbocycles. The lowest BCUT2D eigenvalue weighted by atomic mass is 9.80. The summed E-state index contributed by atoms with van der Waals surface area (Å²) in [4.78, 5) is 11.2. The summed E-state index contributed by atoms with van der Waals surface area (Å²) in [5.74, 6) is 1.81. The molecule has 0 bridgehead atoms. The summed E-state index contributed by atoms with van der Waals surface area (Å²) in [5.41, 5.74) is 0. The molecule has 4 unspecified atom stereocenters. The van der Waals surface area contributed by atoms with Crippen LogP contribution in [0.5, 0.6) is 0 Å². The zero-order valence-corrected chi connectivity index (χ0v) is 12.2. The molecule has 1 N–H and O–H groups in total. The highest BCUT2D eigenvalue weighted by Gasteiger charge is 2.34. The van der Waals surface area contributed by atoms with E-state index < -0.39 is 0 Å². The molecule has 17 heavy (non-hydrogen) atoms. The molecular formula is C13H25NO2S. The Labute approximate surface area is 109 Å². The van der Waals surface area contributed by atoms with Crippen molar-refractivity contribution in [3.8, 4) is 0 Å². The van der Waals surface area contributed by atoms with Crippen molar-refractivity contribution in [3.05, 3.63) is 0 Å². The molecule has 3 nitrogen and oxygen atoms in total. The minimum Gasteiger partial charge on any atom is -0.468 e. The molecule has 100 valence electrons. The summed E-state index contributed by atoms with van der Waals surface area (Å²) >= 11 is 1.75. The second kappa shape index (κ2) is 7.27. The van der Waals surface area contributed by atoms with Gasteiger partial charge >= 0.3 is 5.97 Å². The third-order valence-corrected chi connectivity index (χ3v) is 5.06. The molecule has 4 atom stereocenters.